The van der Waals surface area contributed by atoms with Crippen LogP contribution in [0.4, 0.5) is 4.79 Å². The highest BCUT2D eigenvalue weighted by Gasteiger charge is 2.21. The van der Waals surface area contributed by atoms with Crippen molar-refractivity contribution in [2.45, 2.75) is 45.3 Å². The molecule has 6 nitrogen and oxygen atoms in total. The molecule has 0 aliphatic heterocycles. The lowest BCUT2D eigenvalue weighted by Crippen LogP contribution is -2.35. The van der Waals surface area contributed by atoms with Crippen molar-refractivity contribution in [3.63, 3.8) is 0 Å². The molecular formula is C16H23NO5. The molecule has 0 aromatic heterocycles. The van der Waals surface area contributed by atoms with E-state index in [-0.39, 0.29) is 12.8 Å². The smallest absolute Gasteiger partial charge is 0.408 e. The van der Waals surface area contributed by atoms with Crippen LogP contribution in [0.1, 0.15) is 45.2 Å². The Morgan fingerprint density at radius 2 is 1.82 bits per heavy atom. The van der Waals surface area contributed by atoms with Crippen molar-refractivity contribution < 1.29 is 24.2 Å². The molecular weight excluding hydrogens is 286 g/mol. The van der Waals surface area contributed by atoms with Crippen LogP contribution in [0.5, 0.6) is 5.75 Å². The molecule has 1 unspecified atom stereocenters. The third-order valence-electron chi connectivity index (χ3n) is 2.86. The van der Waals surface area contributed by atoms with Crippen LogP contribution < -0.4 is 10.1 Å². The SMILES string of the molecule is COc1ccc(C(CCC(=O)O)NC(=O)OC(C)(C)C)cc1. The number of carboxylic acid groups (broad SMARTS) is 1. The largest absolute Gasteiger partial charge is 0.497 e. The average molecular weight is 309 g/mol. The first-order valence-electron chi connectivity index (χ1n) is 7.06. The van der Waals surface area contributed by atoms with Gasteiger partial charge in [-0.25, -0.2) is 4.79 Å². The van der Waals surface area contributed by atoms with Crippen molar-refractivity contribution in [1.82, 2.24) is 5.32 Å². The number of ether oxygens (including phenoxy) is 2. The van der Waals surface area contributed by atoms with Crippen LogP contribution >= 0.6 is 0 Å². The Balaban J connectivity index is 2.82. The number of carbonyl (C=O) groups excluding carboxylic acids is 1. The zero-order valence-corrected chi connectivity index (χ0v) is 13.4. The Bertz CT molecular complexity index is 504. The second-order valence-electron chi connectivity index (χ2n) is 5.90. The van der Waals surface area contributed by atoms with E-state index in [0.29, 0.717) is 5.75 Å². The fourth-order valence-corrected chi connectivity index (χ4v) is 1.88. The summed E-state index contributed by atoms with van der Waals surface area (Å²) in [6.45, 7) is 5.31. The first-order valence-corrected chi connectivity index (χ1v) is 7.06. The molecule has 0 bridgehead atoms. The topological polar surface area (TPSA) is 84.9 Å². The van der Waals surface area contributed by atoms with Gasteiger partial charge in [-0.1, -0.05) is 12.1 Å². The van der Waals surface area contributed by atoms with E-state index < -0.39 is 23.7 Å². The van der Waals surface area contributed by atoms with E-state index in [1.807, 2.05) is 0 Å². The highest BCUT2D eigenvalue weighted by molar-refractivity contribution is 5.69. The van der Waals surface area contributed by atoms with Crippen molar-refractivity contribution in [3.05, 3.63) is 29.8 Å². The zero-order chi connectivity index (χ0) is 16.8. The summed E-state index contributed by atoms with van der Waals surface area (Å²) < 4.78 is 10.3. The number of hydrogen-bond donors (Lipinski definition) is 2. The van der Waals surface area contributed by atoms with Crippen LogP contribution in [-0.4, -0.2) is 29.9 Å². The number of amides is 1. The van der Waals surface area contributed by atoms with Crippen molar-refractivity contribution in [3.8, 4) is 5.75 Å². The molecule has 0 aliphatic rings. The highest BCUT2D eigenvalue weighted by atomic mass is 16.6. The van der Waals surface area contributed by atoms with Crippen molar-refractivity contribution in [2.75, 3.05) is 7.11 Å². The molecule has 0 fully saturated rings. The van der Waals surface area contributed by atoms with E-state index in [9.17, 15) is 9.59 Å². The number of hydrogen-bond acceptors (Lipinski definition) is 4. The summed E-state index contributed by atoms with van der Waals surface area (Å²) >= 11 is 0. The van der Waals surface area contributed by atoms with E-state index in [1.54, 1.807) is 52.1 Å². The number of rotatable bonds is 6. The summed E-state index contributed by atoms with van der Waals surface area (Å²) in [7, 11) is 1.57. The van der Waals surface area contributed by atoms with Gasteiger partial charge in [0.25, 0.3) is 0 Å². The van der Waals surface area contributed by atoms with Gasteiger partial charge in [0.2, 0.25) is 0 Å². The van der Waals surface area contributed by atoms with Crippen LogP contribution in [0.25, 0.3) is 0 Å². The van der Waals surface area contributed by atoms with Gasteiger partial charge in [-0.2, -0.15) is 0 Å². The summed E-state index contributed by atoms with van der Waals surface area (Å²) in [5.74, 6) is -0.220. The zero-order valence-electron chi connectivity index (χ0n) is 13.4. The minimum absolute atomic E-state index is 0.0491. The molecule has 122 valence electrons. The Kier molecular flexibility index (Phi) is 6.22. The lowest BCUT2D eigenvalue weighted by atomic mass is 10.0. The first-order chi connectivity index (χ1) is 10.2. The minimum Gasteiger partial charge on any atom is -0.497 e. The molecule has 0 saturated carbocycles. The standard InChI is InChI=1S/C16H23NO5/c1-16(2,3)22-15(20)17-13(9-10-14(18)19)11-5-7-12(21-4)8-6-11/h5-8,13H,9-10H2,1-4H3,(H,17,20)(H,18,19). The predicted octanol–water partition coefficient (Wildman–Crippen LogP) is 3.13. The summed E-state index contributed by atoms with van der Waals surface area (Å²) in [4.78, 5) is 22.7. The van der Waals surface area contributed by atoms with E-state index in [1.165, 1.54) is 0 Å². The monoisotopic (exact) mass is 309 g/mol. The van der Waals surface area contributed by atoms with E-state index in [4.69, 9.17) is 14.6 Å². The first kappa shape index (κ1) is 17.8. The maximum absolute atomic E-state index is 11.9. The summed E-state index contributed by atoms with van der Waals surface area (Å²) in [6, 6.07) is 6.68. The Morgan fingerprint density at radius 1 is 1.23 bits per heavy atom. The van der Waals surface area contributed by atoms with Crippen LogP contribution in [-0.2, 0) is 9.53 Å². The summed E-state index contributed by atoms with van der Waals surface area (Å²) in [5.41, 5.74) is 0.189. The second-order valence-corrected chi connectivity index (χ2v) is 5.90. The molecule has 2 N–H and O–H groups in total. The number of alkyl carbamates (subject to hydrolysis) is 1. The minimum atomic E-state index is -0.912. The molecule has 6 heteroatoms. The average Bonchev–Trinajstić information content (AvgIpc) is 2.41. The molecule has 1 rings (SSSR count). The third kappa shape index (κ3) is 6.47. The quantitative estimate of drug-likeness (QED) is 0.843. The second kappa shape index (κ2) is 7.68. The number of aliphatic carboxylic acids is 1. The predicted molar refractivity (Wildman–Crippen MR) is 82.0 cm³/mol. The van der Waals surface area contributed by atoms with Crippen LogP contribution in [0.3, 0.4) is 0 Å². The van der Waals surface area contributed by atoms with Crippen LogP contribution in [0.15, 0.2) is 24.3 Å². The van der Waals surface area contributed by atoms with Crippen molar-refractivity contribution in [1.29, 1.82) is 0 Å². The maximum atomic E-state index is 11.9. The van der Waals surface area contributed by atoms with Crippen LogP contribution in [0.2, 0.25) is 0 Å². The number of nitrogens with one attached hydrogen (secondary N) is 1. The lowest BCUT2D eigenvalue weighted by Gasteiger charge is -2.23. The number of benzene rings is 1. The fourth-order valence-electron chi connectivity index (χ4n) is 1.88. The Labute approximate surface area is 130 Å². The molecule has 0 aliphatic carbocycles. The molecule has 0 saturated heterocycles. The molecule has 1 atom stereocenters. The normalized spacial score (nSPS) is 12.4. The van der Waals surface area contributed by atoms with Crippen molar-refractivity contribution >= 4 is 12.1 Å². The number of methoxy groups -OCH3 is 1. The van der Waals surface area contributed by atoms with Gasteiger partial charge >= 0.3 is 12.1 Å². The Morgan fingerprint density at radius 3 is 2.27 bits per heavy atom. The van der Waals surface area contributed by atoms with Gasteiger partial charge in [-0.05, 0) is 44.9 Å². The highest BCUT2D eigenvalue weighted by Crippen LogP contribution is 2.22. The van der Waals surface area contributed by atoms with Gasteiger partial charge in [0, 0.05) is 6.42 Å². The molecule has 1 aromatic rings. The summed E-state index contributed by atoms with van der Waals surface area (Å²) in [6.07, 6.45) is -0.341. The van der Waals surface area contributed by atoms with Crippen molar-refractivity contribution in [2.24, 2.45) is 0 Å². The van der Waals surface area contributed by atoms with Gasteiger partial charge in [0.1, 0.15) is 11.4 Å². The number of carboxylic acids is 1. The van der Waals surface area contributed by atoms with E-state index >= 15 is 0 Å². The third-order valence-corrected chi connectivity index (χ3v) is 2.86. The Hall–Kier alpha value is -2.24. The molecule has 0 spiro atoms. The molecule has 0 heterocycles. The molecule has 22 heavy (non-hydrogen) atoms. The molecule has 0 radical (unpaired) electrons. The van der Waals surface area contributed by atoms with E-state index in [0.717, 1.165) is 5.56 Å². The summed E-state index contributed by atoms with van der Waals surface area (Å²) in [5, 5.41) is 11.6. The fraction of sp³-hybridized carbons (Fsp3) is 0.500. The maximum Gasteiger partial charge on any atom is 0.408 e. The molecule has 1 aromatic carbocycles. The number of carbonyl (C=O) groups is 2. The van der Waals surface area contributed by atoms with E-state index in [2.05, 4.69) is 5.32 Å². The van der Waals surface area contributed by atoms with Gasteiger partial charge in [-0.3, -0.25) is 4.79 Å². The van der Waals surface area contributed by atoms with Gasteiger partial charge in [0.15, 0.2) is 0 Å². The molecule has 1 amide bonds. The lowest BCUT2D eigenvalue weighted by molar-refractivity contribution is -0.137. The van der Waals surface area contributed by atoms with Gasteiger partial charge < -0.3 is 19.9 Å². The van der Waals surface area contributed by atoms with Gasteiger partial charge in [0.05, 0.1) is 13.2 Å². The van der Waals surface area contributed by atoms with Gasteiger partial charge in [-0.15, -0.1) is 0 Å². The van der Waals surface area contributed by atoms with Crippen LogP contribution in [0, 0.1) is 0 Å².